The van der Waals surface area contributed by atoms with Crippen molar-refractivity contribution in [1.82, 2.24) is 10.6 Å². The largest absolute Gasteiger partial charge is 0.504 e. The monoisotopic (exact) mass is 748 g/mol. The van der Waals surface area contributed by atoms with Crippen molar-refractivity contribution < 1.29 is 23.2 Å². The van der Waals surface area contributed by atoms with E-state index in [1.165, 1.54) is 34.1 Å². The first-order valence-corrected chi connectivity index (χ1v) is 22.4. The van der Waals surface area contributed by atoms with Crippen LogP contribution in [0.1, 0.15) is 54.9 Å². The molecule has 2 N–H and O–H groups in total. The number of methoxy groups -OCH3 is 1. The summed E-state index contributed by atoms with van der Waals surface area (Å²) in [4.78, 5) is 26.0. The lowest BCUT2D eigenvalue weighted by atomic mass is 9.70. The van der Waals surface area contributed by atoms with Crippen molar-refractivity contribution in [3.63, 3.8) is 0 Å². The maximum absolute atomic E-state index is 13.3. The van der Waals surface area contributed by atoms with E-state index >= 15 is 0 Å². The molecule has 5 rings (SSSR count). The summed E-state index contributed by atoms with van der Waals surface area (Å²) in [5.74, 6) is -0.465. The zero-order valence-corrected chi connectivity index (χ0v) is 34.5. The second-order valence-electron chi connectivity index (χ2n) is 16.2. The van der Waals surface area contributed by atoms with Gasteiger partial charge in [-0.3, -0.25) is 10.1 Å². The first kappa shape index (κ1) is 39.9. The second kappa shape index (κ2) is 16.8. The van der Waals surface area contributed by atoms with Crippen LogP contribution in [0, 0.1) is 11.8 Å². The summed E-state index contributed by atoms with van der Waals surface area (Å²) in [6, 6.07) is 41.8. The Balaban J connectivity index is 1.50. The lowest BCUT2D eigenvalue weighted by molar-refractivity contribution is -0.116. The first-order valence-electron chi connectivity index (χ1n) is 18.6. The van der Waals surface area contributed by atoms with Crippen LogP contribution in [0.3, 0.4) is 0 Å². The molecule has 53 heavy (non-hydrogen) atoms. The van der Waals surface area contributed by atoms with Crippen molar-refractivity contribution in [3.8, 4) is 0 Å². The van der Waals surface area contributed by atoms with E-state index in [2.05, 4.69) is 161 Å². The molecule has 0 bridgehead atoms. The van der Waals surface area contributed by atoms with Crippen LogP contribution >= 0.6 is 0 Å². The molecule has 1 aliphatic carbocycles. The third kappa shape index (κ3) is 8.44. The summed E-state index contributed by atoms with van der Waals surface area (Å²) in [7, 11) is -4.22. The standard InChI is InChI=1S/C44H56N2O5Si2/c1-33(30-49-8)41(47)46-42(48)45-40-29-34(31-50-52(43(2,3)4,35-21-13-9-14-22-35)36-23-15-10-16-24-36)39(40)32-51-53(44(5,6)7,37-25-17-11-18-26-37)38-27-19-12-20-28-38/h9-28,30,34,39-40H,29,31-32H2,1-8H3,(H2,45,46,47,48)/b33-30-/t34-,39-,40-/m1/s1. The van der Waals surface area contributed by atoms with E-state index < -0.39 is 28.6 Å². The summed E-state index contributed by atoms with van der Waals surface area (Å²) >= 11 is 0. The van der Waals surface area contributed by atoms with Gasteiger partial charge in [0.1, 0.15) is 0 Å². The van der Waals surface area contributed by atoms with Gasteiger partial charge in [0, 0.05) is 30.7 Å². The van der Waals surface area contributed by atoms with Gasteiger partial charge in [0.2, 0.25) is 0 Å². The van der Waals surface area contributed by atoms with E-state index in [0.29, 0.717) is 25.2 Å². The number of hydrogen-bond acceptors (Lipinski definition) is 5. The molecule has 4 aromatic carbocycles. The highest BCUT2D eigenvalue weighted by molar-refractivity contribution is 7.00. The van der Waals surface area contributed by atoms with Crippen LogP contribution in [0.4, 0.5) is 4.79 Å². The molecule has 0 aliphatic heterocycles. The molecule has 9 heteroatoms. The minimum Gasteiger partial charge on any atom is -0.504 e. The summed E-state index contributed by atoms with van der Waals surface area (Å²) in [6.07, 6.45) is 2.02. The minimum atomic E-state index is -2.87. The van der Waals surface area contributed by atoms with Gasteiger partial charge in [-0.2, -0.15) is 0 Å². The van der Waals surface area contributed by atoms with Gasteiger partial charge in [-0.05, 0) is 50.1 Å². The normalized spacial score (nSPS) is 18.1. The maximum atomic E-state index is 13.3. The molecule has 1 saturated carbocycles. The van der Waals surface area contributed by atoms with Crippen LogP contribution in [-0.2, 0) is 18.4 Å². The van der Waals surface area contributed by atoms with E-state index in [9.17, 15) is 9.59 Å². The molecule has 3 atom stereocenters. The number of nitrogens with one attached hydrogen (secondary N) is 2. The van der Waals surface area contributed by atoms with Crippen LogP contribution in [-0.4, -0.2) is 54.9 Å². The Morgan fingerprint density at radius 2 is 1.04 bits per heavy atom. The maximum Gasteiger partial charge on any atom is 0.321 e. The molecule has 0 radical (unpaired) electrons. The van der Waals surface area contributed by atoms with Gasteiger partial charge in [0.25, 0.3) is 22.5 Å². The number of carbonyl (C=O) groups excluding carboxylic acids is 2. The molecule has 1 aliphatic rings. The van der Waals surface area contributed by atoms with Crippen molar-refractivity contribution in [2.75, 3.05) is 20.3 Å². The van der Waals surface area contributed by atoms with Gasteiger partial charge in [-0.1, -0.05) is 163 Å². The second-order valence-corrected chi connectivity index (χ2v) is 24.8. The van der Waals surface area contributed by atoms with E-state index in [4.69, 9.17) is 13.6 Å². The van der Waals surface area contributed by atoms with E-state index in [0.717, 1.165) is 0 Å². The van der Waals surface area contributed by atoms with Crippen molar-refractivity contribution in [2.24, 2.45) is 11.8 Å². The van der Waals surface area contributed by atoms with E-state index in [-0.39, 0.29) is 28.0 Å². The predicted molar refractivity (Wildman–Crippen MR) is 220 cm³/mol. The number of carbonyl (C=O) groups is 2. The smallest absolute Gasteiger partial charge is 0.321 e. The molecular formula is C44H56N2O5Si2. The lowest BCUT2D eigenvalue weighted by Gasteiger charge is -2.50. The predicted octanol–water partition coefficient (Wildman–Crippen LogP) is 6.52. The Hall–Kier alpha value is -4.29. The molecule has 280 valence electrons. The molecule has 0 saturated heterocycles. The Morgan fingerprint density at radius 1 is 0.660 bits per heavy atom. The Kier molecular flexibility index (Phi) is 12.7. The molecule has 4 aromatic rings. The summed E-state index contributed by atoms with van der Waals surface area (Å²) in [6.45, 7) is 16.2. The highest BCUT2D eigenvalue weighted by Crippen LogP contribution is 2.43. The fraction of sp³-hybridized carbons (Fsp3) is 0.364. The van der Waals surface area contributed by atoms with E-state index in [1.807, 2.05) is 12.1 Å². The van der Waals surface area contributed by atoms with Gasteiger partial charge in [-0.25, -0.2) is 4.79 Å². The summed E-state index contributed by atoms with van der Waals surface area (Å²) in [5, 5.41) is 10.1. The molecule has 0 unspecified atom stereocenters. The topological polar surface area (TPSA) is 85.9 Å². The van der Waals surface area contributed by atoms with Gasteiger partial charge in [0.05, 0.1) is 13.4 Å². The molecule has 0 heterocycles. The van der Waals surface area contributed by atoms with Gasteiger partial charge >= 0.3 is 6.03 Å². The number of imide groups is 1. The van der Waals surface area contributed by atoms with Crippen LogP contribution < -0.4 is 31.4 Å². The first-order chi connectivity index (χ1) is 25.2. The molecule has 1 fully saturated rings. The SMILES string of the molecule is CO/C=C(/C)C(=O)NC(=O)N[C@@H]1C[C@H](CO[Si](c2ccccc2)(c2ccccc2)C(C)(C)C)[C@H]1CO[Si](c1ccccc1)(c1ccccc1)C(C)(C)C. The van der Waals surface area contributed by atoms with Gasteiger partial charge < -0.3 is 18.9 Å². The third-order valence-electron chi connectivity index (χ3n) is 10.7. The quantitative estimate of drug-likeness (QED) is 0.0925. The number of hydrogen-bond donors (Lipinski definition) is 2. The number of ether oxygens (including phenoxy) is 1. The Bertz CT molecular complexity index is 1750. The van der Waals surface area contributed by atoms with Crippen molar-refractivity contribution >= 4 is 49.3 Å². The number of benzene rings is 4. The van der Waals surface area contributed by atoms with Crippen LogP contribution in [0.25, 0.3) is 0 Å². The highest BCUT2D eigenvalue weighted by atomic mass is 28.4. The Morgan fingerprint density at radius 3 is 1.40 bits per heavy atom. The number of amides is 3. The van der Waals surface area contributed by atoms with Crippen molar-refractivity contribution in [2.45, 2.75) is 71.0 Å². The van der Waals surface area contributed by atoms with Crippen LogP contribution in [0.15, 0.2) is 133 Å². The third-order valence-corrected chi connectivity index (χ3v) is 20.7. The molecule has 3 amide bonds. The lowest BCUT2D eigenvalue weighted by Crippen LogP contribution is -2.69. The number of rotatable bonds is 13. The molecular weight excluding hydrogens is 693 g/mol. The highest BCUT2D eigenvalue weighted by Gasteiger charge is 2.54. The average Bonchev–Trinajstić information content (AvgIpc) is 3.13. The zero-order chi connectivity index (χ0) is 38.3. The molecule has 0 spiro atoms. The fourth-order valence-corrected chi connectivity index (χ4v) is 17.2. The van der Waals surface area contributed by atoms with Crippen molar-refractivity contribution in [1.29, 1.82) is 0 Å². The summed E-state index contributed by atoms with van der Waals surface area (Å²) < 4.78 is 19.9. The minimum absolute atomic E-state index is 0.0636. The van der Waals surface area contributed by atoms with Crippen LogP contribution in [0.2, 0.25) is 10.1 Å². The molecule has 7 nitrogen and oxygen atoms in total. The fourth-order valence-electron chi connectivity index (χ4n) is 8.03. The summed E-state index contributed by atoms with van der Waals surface area (Å²) in [5.41, 5.74) is 0.305. The van der Waals surface area contributed by atoms with E-state index in [1.54, 1.807) is 6.92 Å². The zero-order valence-electron chi connectivity index (χ0n) is 32.5. The van der Waals surface area contributed by atoms with Gasteiger partial charge in [-0.15, -0.1) is 0 Å². The average molecular weight is 749 g/mol. The Labute approximate surface area is 318 Å². The number of urea groups is 1. The van der Waals surface area contributed by atoms with Gasteiger partial charge in [0.15, 0.2) is 0 Å². The molecule has 0 aromatic heterocycles. The van der Waals surface area contributed by atoms with Crippen LogP contribution in [0.5, 0.6) is 0 Å². The van der Waals surface area contributed by atoms with Crippen molar-refractivity contribution in [3.05, 3.63) is 133 Å².